The summed E-state index contributed by atoms with van der Waals surface area (Å²) in [6, 6.07) is 8.31. The van der Waals surface area contributed by atoms with Gasteiger partial charge in [0.1, 0.15) is 17.9 Å². The number of nitrogens with one attached hydrogen (secondary N) is 1. The van der Waals surface area contributed by atoms with Crippen molar-refractivity contribution in [3.05, 3.63) is 42.0 Å². The standard InChI is InChI=1S/C15H23N5O/c1-3-20-15(17-11-18-20)10-13(19-16)7-4-12-5-8-14(21-2)9-6-12/h5-6,8-9,11,13,19H,3-4,7,10,16H2,1-2H3. The molecule has 6 nitrogen and oxygen atoms in total. The van der Waals surface area contributed by atoms with Gasteiger partial charge in [0.15, 0.2) is 0 Å². The van der Waals surface area contributed by atoms with E-state index in [1.807, 2.05) is 16.8 Å². The number of hydrogen-bond donors (Lipinski definition) is 2. The monoisotopic (exact) mass is 289 g/mol. The summed E-state index contributed by atoms with van der Waals surface area (Å²) in [4.78, 5) is 4.29. The Bertz CT molecular complexity index is 537. The fraction of sp³-hybridized carbons (Fsp3) is 0.467. The molecule has 1 atom stereocenters. The van der Waals surface area contributed by atoms with Crippen molar-refractivity contribution in [2.75, 3.05) is 7.11 Å². The molecular formula is C15H23N5O. The van der Waals surface area contributed by atoms with E-state index in [-0.39, 0.29) is 6.04 Å². The van der Waals surface area contributed by atoms with Crippen LogP contribution >= 0.6 is 0 Å². The van der Waals surface area contributed by atoms with Crippen LogP contribution in [0.25, 0.3) is 0 Å². The first kappa shape index (κ1) is 15.5. The lowest BCUT2D eigenvalue weighted by Gasteiger charge is -2.15. The van der Waals surface area contributed by atoms with Crippen LogP contribution < -0.4 is 16.0 Å². The van der Waals surface area contributed by atoms with Gasteiger partial charge in [0.25, 0.3) is 0 Å². The lowest BCUT2D eigenvalue weighted by molar-refractivity contribution is 0.414. The van der Waals surface area contributed by atoms with Crippen LogP contribution in [-0.4, -0.2) is 27.9 Å². The highest BCUT2D eigenvalue weighted by Gasteiger charge is 2.12. The van der Waals surface area contributed by atoms with Gasteiger partial charge in [-0.15, -0.1) is 0 Å². The van der Waals surface area contributed by atoms with E-state index in [2.05, 4.69) is 34.6 Å². The van der Waals surface area contributed by atoms with Crippen LogP contribution in [0.5, 0.6) is 5.75 Å². The van der Waals surface area contributed by atoms with Crippen LogP contribution in [0.4, 0.5) is 0 Å². The van der Waals surface area contributed by atoms with Gasteiger partial charge in [0, 0.05) is 19.0 Å². The SMILES string of the molecule is CCn1ncnc1CC(CCc1ccc(OC)cc1)NN. The number of hydrogen-bond acceptors (Lipinski definition) is 5. The zero-order chi connectivity index (χ0) is 15.1. The van der Waals surface area contributed by atoms with Crippen molar-refractivity contribution in [3.8, 4) is 5.75 Å². The predicted octanol–water partition coefficient (Wildman–Crippen LogP) is 1.31. The second-order valence-corrected chi connectivity index (χ2v) is 4.95. The summed E-state index contributed by atoms with van der Waals surface area (Å²) in [5.74, 6) is 7.51. The van der Waals surface area contributed by atoms with Gasteiger partial charge in [-0.2, -0.15) is 5.10 Å². The maximum atomic E-state index is 5.66. The highest BCUT2D eigenvalue weighted by molar-refractivity contribution is 5.27. The fourth-order valence-corrected chi connectivity index (χ4v) is 2.31. The first-order valence-electron chi connectivity index (χ1n) is 7.22. The number of benzene rings is 1. The van der Waals surface area contributed by atoms with Gasteiger partial charge in [-0.25, -0.2) is 4.98 Å². The molecule has 2 rings (SSSR count). The number of aromatic nitrogens is 3. The summed E-state index contributed by atoms with van der Waals surface area (Å²) in [5.41, 5.74) is 4.15. The van der Waals surface area contributed by atoms with E-state index in [1.54, 1.807) is 13.4 Å². The Morgan fingerprint density at radius 1 is 1.33 bits per heavy atom. The third kappa shape index (κ3) is 4.27. The molecule has 2 aromatic rings. The summed E-state index contributed by atoms with van der Waals surface area (Å²) in [6.45, 7) is 2.88. The fourth-order valence-electron chi connectivity index (χ4n) is 2.31. The Morgan fingerprint density at radius 3 is 2.71 bits per heavy atom. The molecular weight excluding hydrogens is 266 g/mol. The number of hydrazine groups is 1. The van der Waals surface area contributed by atoms with E-state index in [1.165, 1.54) is 5.56 Å². The Balaban J connectivity index is 1.89. The van der Waals surface area contributed by atoms with E-state index in [4.69, 9.17) is 10.6 Å². The maximum Gasteiger partial charge on any atom is 0.138 e. The molecule has 1 unspecified atom stereocenters. The Labute approximate surface area is 125 Å². The van der Waals surface area contributed by atoms with Gasteiger partial charge in [0.05, 0.1) is 7.11 Å². The first-order valence-corrected chi connectivity index (χ1v) is 7.22. The lowest BCUT2D eigenvalue weighted by Crippen LogP contribution is -2.37. The maximum absolute atomic E-state index is 5.66. The van der Waals surface area contributed by atoms with Gasteiger partial charge in [-0.1, -0.05) is 12.1 Å². The van der Waals surface area contributed by atoms with E-state index in [9.17, 15) is 0 Å². The number of aryl methyl sites for hydroxylation is 2. The quantitative estimate of drug-likeness (QED) is 0.566. The Hall–Kier alpha value is -1.92. The molecule has 0 aliphatic heterocycles. The molecule has 0 spiro atoms. The van der Waals surface area contributed by atoms with Crippen LogP contribution in [0.2, 0.25) is 0 Å². The normalized spacial score (nSPS) is 12.3. The number of nitrogens with zero attached hydrogens (tertiary/aromatic N) is 3. The minimum Gasteiger partial charge on any atom is -0.497 e. The van der Waals surface area contributed by atoms with E-state index in [0.717, 1.165) is 37.4 Å². The molecule has 1 heterocycles. The average molecular weight is 289 g/mol. The molecule has 6 heteroatoms. The number of nitrogens with two attached hydrogens (primary N) is 1. The van der Waals surface area contributed by atoms with Gasteiger partial charge in [0.2, 0.25) is 0 Å². The molecule has 3 N–H and O–H groups in total. The van der Waals surface area contributed by atoms with E-state index >= 15 is 0 Å². The summed E-state index contributed by atoms with van der Waals surface area (Å²) in [5, 5.41) is 4.18. The molecule has 0 aliphatic rings. The van der Waals surface area contributed by atoms with Crippen molar-refractivity contribution >= 4 is 0 Å². The molecule has 0 aliphatic carbocycles. The van der Waals surface area contributed by atoms with Crippen molar-refractivity contribution in [2.45, 2.75) is 38.8 Å². The topological polar surface area (TPSA) is 78.0 Å². The van der Waals surface area contributed by atoms with Crippen molar-refractivity contribution in [1.82, 2.24) is 20.2 Å². The van der Waals surface area contributed by atoms with Gasteiger partial charge >= 0.3 is 0 Å². The summed E-state index contributed by atoms with van der Waals surface area (Å²) in [7, 11) is 1.67. The average Bonchev–Trinajstić information content (AvgIpc) is 2.99. The van der Waals surface area contributed by atoms with Crippen LogP contribution in [-0.2, 0) is 19.4 Å². The van der Waals surface area contributed by atoms with E-state index in [0.29, 0.717) is 0 Å². The molecule has 1 aromatic carbocycles. The number of methoxy groups -OCH3 is 1. The lowest BCUT2D eigenvalue weighted by atomic mass is 10.0. The smallest absolute Gasteiger partial charge is 0.138 e. The highest BCUT2D eigenvalue weighted by atomic mass is 16.5. The molecule has 0 amide bonds. The number of ether oxygens (including phenoxy) is 1. The van der Waals surface area contributed by atoms with Crippen molar-refractivity contribution in [1.29, 1.82) is 0 Å². The van der Waals surface area contributed by atoms with Crippen LogP contribution in [0.3, 0.4) is 0 Å². The molecule has 0 fully saturated rings. The van der Waals surface area contributed by atoms with Crippen LogP contribution in [0.15, 0.2) is 30.6 Å². The van der Waals surface area contributed by atoms with E-state index < -0.39 is 0 Å². The largest absolute Gasteiger partial charge is 0.497 e. The zero-order valence-electron chi connectivity index (χ0n) is 12.6. The predicted molar refractivity (Wildman–Crippen MR) is 81.8 cm³/mol. The second-order valence-electron chi connectivity index (χ2n) is 4.95. The minimum atomic E-state index is 0.182. The molecule has 0 saturated heterocycles. The summed E-state index contributed by atoms with van der Waals surface area (Å²) < 4.78 is 7.06. The summed E-state index contributed by atoms with van der Waals surface area (Å²) in [6.07, 6.45) is 4.27. The first-order chi connectivity index (χ1) is 10.3. The molecule has 0 radical (unpaired) electrons. The Kier molecular flexibility index (Phi) is 5.71. The molecule has 114 valence electrons. The number of rotatable bonds is 8. The van der Waals surface area contributed by atoms with Crippen LogP contribution in [0, 0.1) is 0 Å². The van der Waals surface area contributed by atoms with Crippen molar-refractivity contribution in [2.24, 2.45) is 5.84 Å². The molecule has 1 aromatic heterocycles. The van der Waals surface area contributed by atoms with Gasteiger partial charge in [-0.3, -0.25) is 16.0 Å². The zero-order valence-corrected chi connectivity index (χ0v) is 12.6. The third-order valence-electron chi connectivity index (χ3n) is 3.60. The molecule has 0 saturated carbocycles. The molecule has 21 heavy (non-hydrogen) atoms. The van der Waals surface area contributed by atoms with Crippen LogP contribution in [0.1, 0.15) is 24.7 Å². The summed E-state index contributed by atoms with van der Waals surface area (Å²) >= 11 is 0. The molecule has 0 bridgehead atoms. The van der Waals surface area contributed by atoms with Gasteiger partial charge < -0.3 is 4.74 Å². The Morgan fingerprint density at radius 2 is 2.10 bits per heavy atom. The highest BCUT2D eigenvalue weighted by Crippen LogP contribution is 2.14. The van der Waals surface area contributed by atoms with Gasteiger partial charge in [-0.05, 0) is 37.5 Å². The second kappa shape index (κ2) is 7.75. The van der Waals surface area contributed by atoms with Crippen molar-refractivity contribution in [3.63, 3.8) is 0 Å². The minimum absolute atomic E-state index is 0.182. The van der Waals surface area contributed by atoms with Crippen molar-refractivity contribution < 1.29 is 4.74 Å². The third-order valence-corrected chi connectivity index (χ3v) is 3.60.